The Morgan fingerprint density at radius 3 is 1.60 bits per heavy atom. The van der Waals surface area contributed by atoms with Crippen molar-refractivity contribution in [2.75, 3.05) is 0 Å². The minimum atomic E-state index is -2.02. The van der Waals surface area contributed by atoms with Gasteiger partial charge in [-0.2, -0.15) is 0 Å². The highest BCUT2D eigenvalue weighted by atomic mass is 28.4. The van der Waals surface area contributed by atoms with E-state index in [1.807, 2.05) is 12.4 Å². The van der Waals surface area contributed by atoms with Gasteiger partial charge in [0.15, 0.2) is 8.32 Å². The Labute approximate surface area is 211 Å². The van der Waals surface area contributed by atoms with Gasteiger partial charge in [0, 0.05) is 6.20 Å². The summed E-state index contributed by atoms with van der Waals surface area (Å²) >= 11 is 0. The van der Waals surface area contributed by atoms with Crippen LogP contribution in [0.25, 0.3) is 0 Å². The normalized spacial score (nSPS) is 13.4. The quantitative estimate of drug-likeness (QED) is 0.145. The maximum atomic E-state index is 6.73. The Morgan fingerprint density at radius 2 is 1.23 bits per heavy atom. The van der Waals surface area contributed by atoms with Crippen molar-refractivity contribution in [2.24, 2.45) is 0 Å². The van der Waals surface area contributed by atoms with E-state index in [0.717, 1.165) is 5.69 Å². The van der Waals surface area contributed by atoms with Crippen LogP contribution in [0.2, 0.25) is 18.1 Å². The third-order valence-electron chi connectivity index (χ3n) is 7.30. The van der Waals surface area contributed by atoms with Crippen molar-refractivity contribution in [1.29, 1.82) is 0 Å². The Hall–Kier alpha value is -3.21. The van der Waals surface area contributed by atoms with E-state index in [9.17, 15) is 0 Å². The molecular formula is C31H36N2OSi. The van der Waals surface area contributed by atoms with Crippen LogP contribution in [0.1, 0.15) is 49.3 Å². The van der Waals surface area contributed by atoms with E-state index >= 15 is 0 Å². The zero-order chi connectivity index (χ0) is 25.1. The van der Waals surface area contributed by atoms with Crippen LogP contribution in [0.3, 0.4) is 0 Å². The molecule has 0 bridgehead atoms. The standard InChI is InChI=1S/C31H36N2OSi/c1-7-29(34-35(5,6)30(2,3)4)28-23-33(24-32-28)31(25-17-11-8-12-18-25,26-19-13-9-14-20-26)27-21-15-10-16-22-27/h7-24,29H,1H2,2-6H3. The first kappa shape index (κ1) is 24.9. The molecule has 0 fully saturated rings. The van der Waals surface area contributed by atoms with Crippen LogP contribution >= 0.6 is 0 Å². The lowest BCUT2D eigenvalue weighted by molar-refractivity contribution is 0.225. The number of benzene rings is 3. The molecule has 0 saturated carbocycles. The fourth-order valence-corrected chi connectivity index (χ4v) is 5.58. The summed E-state index contributed by atoms with van der Waals surface area (Å²) in [4.78, 5) is 4.88. The second-order valence-electron chi connectivity index (χ2n) is 10.5. The number of hydrogen-bond donors (Lipinski definition) is 0. The summed E-state index contributed by atoms with van der Waals surface area (Å²) in [6.45, 7) is 15.4. The van der Waals surface area contributed by atoms with Gasteiger partial charge < -0.3 is 8.99 Å². The summed E-state index contributed by atoms with van der Waals surface area (Å²) in [6, 6.07) is 31.9. The summed E-state index contributed by atoms with van der Waals surface area (Å²) in [7, 11) is -2.02. The van der Waals surface area contributed by atoms with Gasteiger partial charge >= 0.3 is 0 Å². The Morgan fingerprint density at radius 1 is 0.800 bits per heavy atom. The molecule has 35 heavy (non-hydrogen) atoms. The molecule has 3 nitrogen and oxygen atoms in total. The predicted octanol–water partition coefficient (Wildman–Crippen LogP) is 7.97. The number of rotatable bonds is 8. The maximum Gasteiger partial charge on any atom is 0.193 e. The third-order valence-corrected chi connectivity index (χ3v) is 11.8. The van der Waals surface area contributed by atoms with Gasteiger partial charge in [-0.3, -0.25) is 0 Å². The van der Waals surface area contributed by atoms with Crippen molar-refractivity contribution in [3.63, 3.8) is 0 Å². The van der Waals surface area contributed by atoms with E-state index in [-0.39, 0.29) is 11.1 Å². The number of hydrogen-bond acceptors (Lipinski definition) is 2. The molecule has 1 heterocycles. The summed E-state index contributed by atoms with van der Waals surface area (Å²) in [5, 5.41) is 0.0959. The highest BCUT2D eigenvalue weighted by Gasteiger charge is 2.41. The van der Waals surface area contributed by atoms with Gasteiger partial charge in [0.1, 0.15) is 11.6 Å². The fraction of sp³-hybridized carbons (Fsp3) is 0.258. The molecule has 4 rings (SSSR count). The lowest BCUT2D eigenvalue weighted by atomic mass is 9.77. The van der Waals surface area contributed by atoms with E-state index in [1.165, 1.54) is 16.7 Å². The summed E-state index contributed by atoms with van der Waals surface area (Å²) in [5.74, 6) is 0. The molecule has 0 saturated heterocycles. The van der Waals surface area contributed by atoms with Gasteiger partial charge in [0.05, 0.1) is 12.0 Å². The highest BCUT2D eigenvalue weighted by molar-refractivity contribution is 6.74. The second kappa shape index (κ2) is 9.80. The number of aromatic nitrogens is 2. The zero-order valence-electron chi connectivity index (χ0n) is 21.5. The lowest BCUT2D eigenvalue weighted by Crippen LogP contribution is -2.41. The van der Waals surface area contributed by atoms with Gasteiger partial charge in [-0.1, -0.05) is 118 Å². The SMILES string of the molecule is C=CC(O[Si](C)(C)C(C)(C)C)c1cn(C(c2ccccc2)(c2ccccc2)c2ccccc2)cn1. The molecule has 3 aromatic carbocycles. The second-order valence-corrected chi connectivity index (χ2v) is 15.3. The van der Waals surface area contributed by atoms with Crippen molar-refractivity contribution in [2.45, 2.75) is 50.5 Å². The predicted molar refractivity (Wildman–Crippen MR) is 148 cm³/mol. The van der Waals surface area contributed by atoms with Crippen molar-refractivity contribution >= 4 is 8.32 Å². The van der Waals surface area contributed by atoms with Crippen LogP contribution < -0.4 is 0 Å². The largest absolute Gasteiger partial charge is 0.405 e. The Kier molecular flexibility index (Phi) is 6.97. The molecule has 1 aromatic heterocycles. The molecule has 0 aliphatic carbocycles. The molecule has 1 atom stereocenters. The van der Waals surface area contributed by atoms with Crippen molar-refractivity contribution in [3.05, 3.63) is 139 Å². The molecule has 1 unspecified atom stereocenters. The van der Waals surface area contributed by atoms with E-state index in [0.29, 0.717) is 0 Å². The van der Waals surface area contributed by atoms with Crippen LogP contribution in [-0.2, 0) is 9.96 Å². The van der Waals surface area contributed by atoms with E-state index in [4.69, 9.17) is 9.41 Å². The molecule has 4 aromatic rings. The Bertz CT molecular complexity index is 1140. The summed E-state index contributed by atoms with van der Waals surface area (Å²) in [5.41, 5.74) is 3.79. The van der Waals surface area contributed by atoms with Gasteiger partial charge in [0.2, 0.25) is 0 Å². The molecule has 0 N–H and O–H groups in total. The van der Waals surface area contributed by atoms with Crippen molar-refractivity contribution in [3.8, 4) is 0 Å². The molecule has 0 amide bonds. The van der Waals surface area contributed by atoms with Gasteiger partial charge in [-0.05, 0) is 34.8 Å². The average molecular weight is 481 g/mol. The molecule has 4 heteroatoms. The Balaban J connectivity index is 1.92. The number of nitrogens with zero attached hydrogens (tertiary/aromatic N) is 2. The first-order chi connectivity index (χ1) is 16.7. The first-order valence-electron chi connectivity index (χ1n) is 12.2. The van der Waals surface area contributed by atoms with Crippen LogP contribution in [0.15, 0.2) is 116 Å². The lowest BCUT2D eigenvalue weighted by Gasteiger charge is -2.38. The van der Waals surface area contributed by atoms with Crippen molar-refractivity contribution in [1.82, 2.24) is 9.55 Å². The minimum absolute atomic E-state index is 0.0959. The maximum absolute atomic E-state index is 6.73. The zero-order valence-corrected chi connectivity index (χ0v) is 22.5. The monoisotopic (exact) mass is 480 g/mol. The van der Waals surface area contributed by atoms with Gasteiger partial charge in [-0.25, -0.2) is 4.98 Å². The van der Waals surface area contributed by atoms with Crippen LogP contribution in [0.5, 0.6) is 0 Å². The summed E-state index contributed by atoms with van der Waals surface area (Å²) in [6.07, 6.45) is 5.68. The van der Waals surface area contributed by atoms with Crippen LogP contribution in [0, 0.1) is 0 Å². The molecule has 180 valence electrons. The van der Waals surface area contributed by atoms with Crippen molar-refractivity contribution < 1.29 is 4.43 Å². The van der Waals surface area contributed by atoms with E-state index in [2.05, 4.69) is 142 Å². The van der Waals surface area contributed by atoms with Crippen LogP contribution in [-0.4, -0.2) is 17.9 Å². The third kappa shape index (κ3) is 4.69. The number of imidazole rings is 1. The average Bonchev–Trinajstić information content (AvgIpc) is 3.35. The van der Waals surface area contributed by atoms with Gasteiger partial charge in [0.25, 0.3) is 0 Å². The molecule has 0 aliphatic heterocycles. The minimum Gasteiger partial charge on any atom is -0.405 e. The van der Waals surface area contributed by atoms with Gasteiger partial charge in [-0.15, -0.1) is 6.58 Å². The topological polar surface area (TPSA) is 27.1 Å². The molecular weight excluding hydrogens is 444 g/mol. The van der Waals surface area contributed by atoms with Crippen LogP contribution in [0.4, 0.5) is 0 Å². The van der Waals surface area contributed by atoms with E-state index < -0.39 is 13.9 Å². The molecule has 0 radical (unpaired) electrons. The molecule has 0 spiro atoms. The molecule has 0 aliphatic rings. The fourth-order valence-electron chi connectivity index (χ4n) is 4.38. The first-order valence-corrected chi connectivity index (χ1v) is 15.1. The highest BCUT2D eigenvalue weighted by Crippen LogP contribution is 2.43. The smallest absolute Gasteiger partial charge is 0.193 e. The summed E-state index contributed by atoms with van der Waals surface area (Å²) < 4.78 is 8.96. The van der Waals surface area contributed by atoms with E-state index in [1.54, 1.807) is 0 Å².